The summed E-state index contributed by atoms with van der Waals surface area (Å²) in [5.74, 6) is 1.68. The first kappa shape index (κ1) is 15.0. The van der Waals surface area contributed by atoms with Gasteiger partial charge in [0.05, 0.1) is 6.20 Å². The number of piperazine rings is 1. The third-order valence-corrected chi connectivity index (χ3v) is 3.87. The number of hydrogen-bond donors (Lipinski definition) is 0. The van der Waals surface area contributed by atoms with Crippen LogP contribution in [0.25, 0.3) is 0 Å². The molecule has 20 heavy (non-hydrogen) atoms. The van der Waals surface area contributed by atoms with E-state index in [0.29, 0.717) is 0 Å². The average Bonchev–Trinajstić information content (AvgIpc) is 2.52. The van der Waals surface area contributed by atoms with Gasteiger partial charge in [-0.1, -0.05) is 20.3 Å². The van der Waals surface area contributed by atoms with Gasteiger partial charge < -0.3 is 14.7 Å². The molecule has 1 saturated heterocycles. The molecule has 1 aliphatic rings. The van der Waals surface area contributed by atoms with Crippen molar-refractivity contribution in [1.29, 1.82) is 0 Å². The smallest absolute Gasteiger partial charge is 0.247 e. The SMILES string of the molecule is CCCCN(C)c1nncc(N2CCN(CC)CC2)n1. The molecular formula is C14H26N6. The van der Waals surface area contributed by atoms with Crippen LogP contribution in [0.1, 0.15) is 26.7 Å². The number of rotatable bonds is 6. The summed E-state index contributed by atoms with van der Waals surface area (Å²) in [7, 11) is 2.03. The van der Waals surface area contributed by atoms with Crippen molar-refractivity contribution in [2.45, 2.75) is 26.7 Å². The van der Waals surface area contributed by atoms with E-state index in [1.165, 1.54) is 6.42 Å². The van der Waals surface area contributed by atoms with Gasteiger partial charge in [0, 0.05) is 39.8 Å². The molecule has 0 unspecified atom stereocenters. The van der Waals surface area contributed by atoms with Gasteiger partial charge in [-0.3, -0.25) is 0 Å². The molecule has 1 aromatic heterocycles. The van der Waals surface area contributed by atoms with Crippen molar-refractivity contribution in [3.63, 3.8) is 0 Å². The maximum Gasteiger partial charge on any atom is 0.247 e. The van der Waals surface area contributed by atoms with Crippen LogP contribution in [-0.4, -0.2) is 66.4 Å². The molecule has 1 fully saturated rings. The lowest BCUT2D eigenvalue weighted by atomic mass is 10.3. The molecule has 1 aliphatic heterocycles. The lowest BCUT2D eigenvalue weighted by Crippen LogP contribution is -2.46. The van der Waals surface area contributed by atoms with E-state index in [1.807, 2.05) is 7.05 Å². The van der Waals surface area contributed by atoms with Gasteiger partial charge in [0.15, 0.2) is 5.82 Å². The minimum Gasteiger partial charge on any atom is -0.353 e. The van der Waals surface area contributed by atoms with Crippen LogP contribution >= 0.6 is 0 Å². The van der Waals surface area contributed by atoms with Crippen LogP contribution in [0.15, 0.2) is 6.20 Å². The van der Waals surface area contributed by atoms with E-state index in [9.17, 15) is 0 Å². The summed E-state index contributed by atoms with van der Waals surface area (Å²) < 4.78 is 0. The van der Waals surface area contributed by atoms with Gasteiger partial charge in [0.2, 0.25) is 5.95 Å². The second-order valence-electron chi connectivity index (χ2n) is 5.31. The number of aromatic nitrogens is 3. The van der Waals surface area contributed by atoms with Crippen LogP contribution in [0, 0.1) is 0 Å². The molecule has 0 atom stereocenters. The largest absolute Gasteiger partial charge is 0.353 e. The van der Waals surface area contributed by atoms with Gasteiger partial charge in [-0.25, -0.2) is 0 Å². The second kappa shape index (κ2) is 7.38. The van der Waals surface area contributed by atoms with E-state index in [4.69, 9.17) is 0 Å². The Morgan fingerprint density at radius 1 is 1.20 bits per heavy atom. The van der Waals surface area contributed by atoms with Crippen LogP contribution in [0.4, 0.5) is 11.8 Å². The lowest BCUT2D eigenvalue weighted by molar-refractivity contribution is 0.270. The summed E-state index contributed by atoms with van der Waals surface area (Å²) in [6, 6.07) is 0. The van der Waals surface area contributed by atoms with Gasteiger partial charge in [-0.05, 0) is 13.0 Å². The van der Waals surface area contributed by atoms with Crippen LogP contribution in [0.2, 0.25) is 0 Å². The summed E-state index contributed by atoms with van der Waals surface area (Å²) >= 11 is 0. The zero-order chi connectivity index (χ0) is 14.4. The lowest BCUT2D eigenvalue weighted by Gasteiger charge is -2.34. The fourth-order valence-electron chi connectivity index (χ4n) is 2.39. The summed E-state index contributed by atoms with van der Waals surface area (Å²) in [6.07, 6.45) is 4.11. The van der Waals surface area contributed by atoms with Crippen LogP contribution in [0.3, 0.4) is 0 Å². The Kier molecular flexibility index (Phi) is 5.52. The summed E-state index contributed by atoms with van der Waals surface area (Å²) in [4.78, 5) is 11.5. The summed E-state index contributed by atoms with van der Waals surface area (Å²) in [5, 5.41) is 8.26. The number of unbranched alkanes of at least 4 members (excludes halogenated alkanes) is 1. The molecule has 0 N–H and O–H groups in total. The standard InChI is InChI=1S/C14H26N6/c1-4-6-7-18(3)14-16-13(12-15-17-14)20-10-8-19(5-2)9-11-20/h12H,4-11H2,1-3H3. The molecule has 6 nitrogen and oxygen atoms in total. The minimum absolute atomic E-state index is 0.730. The van der Waals surface area contributed by atoms with Crippen LogP contribution < -0.4 is 9.80 Å². The Morgan fingerprint density at radius 3 is 2.60 bits per heavy atom. The van der Waals surface area contributed by atoms with E-state index in [0.717, 1.165) is 57.5 Å². The normalized spacial score (nSPS) is 16.4. The molecule has 0 spiro atoms. The molecule has 0 radical (unpaired) electrons. The molecular weight excluding hydrogens is 252 g/mol. The van der Waals surface area contributed by atoms with Gasteiger partial charge in [-0.2, -0.15) is 10.1 Å². The molecule has 0 aliphatic carbocycles. The predicted molar refractivity (Wildman–Crippen MR) is 82.3 cm³/mol. The van der Waals surface area contributed by atoms with Crippen molar-refractivity contribution >= 4 is 11.8 Å². The molecule has 6 heteroatoms. The molecule has 0 bridgehead atoms. The summed E-state index contributed by atoms with van der Waals surface area (Å²) in [6.45, 7) is 10.7. The van der Waals surface area contributed by atoms with Crippen LogP contribution in [-0.2, 0) is 0 Å². The van der Waals surface area contributed by atoms with E-state index >= 15 is 0 Å². The van der Waals surface area contributed by atoms with E-state index in [2.05, 4.69) is 43.7 Å². The molecule has 0 aromatic carbocycles. The first-order valence-electron chi connectivity index (χ1n) is 7.62. The highest BCUT2D eigenvalue weighted by Crippen LogP contribution is 2.15. The van der Waals surface area contributed by atoms with Crippen LogP contribution in [0.5, 0.6) is 0 Å². The first-order chi connectivity index (χ1) is 9.74. The Labute approximate surface area is 121 Å². The van der Waals surface area contributed by atoms with Crippen molar-refractivity contribution in [1.82, 2.24) is 20.1 Å². The van der Waals surface area contributed by atoms with E-state index in [-0.39, 0.29) is 0 Å². The quantitative estimate of drug-likeness (QED) is 0.780. The number of likely N-dealkylation sites (N-methyl/N-ethyl adjacent to an activating group) is 1. The van der Waals surface area contributed by atoms with E-state index in [1.54, 1.807) is 6.20 Å². The summed E-state index contributed by atoms with van der Waals surface area (Å²) in [5.41, 5.74) is 0. The third kappa shape index (κ3) is 3.79. The third-order valence-electron chi connectivity index (χ3n) is 3.87. The van der Waals surface area contributed by atoms with Crippen molar-refractivity contribution < 1.29 is 0 Å². The highest BCUT2D eigenvalue weighted by atomic mass is 15.4. The fourth-order valence-corrected chi connectivity index (χ4v) is 2.39. The molecule has 1 aromatic rings. The number of hydrogen-bond acceptors (Lipinski definition) is 6. The Balaban J connectivity index is 1.99. The topological polar surface area (TPSA) is 48.4 Å². The molecule has 2 rings (SSSR count). The highest BCUT2D eigenvalue weighted by Gasteiger charge is 2.18. The van der Waals surface area contributed by atoms with Gasteiger partial charge in [0.1, 0.15) is 0 Å². The first-order valence-corrected chi connectivity index (χ1v) is 7.62. The van der Waals surface area contributed by atoms with Crippen molar-refractivity contribution in [3.8, 4) is 0 Å². The fraction of sp³-hybridized carbons (Fsp3) is 0.786. The highest BCUT2D eigenvalue weighted by molar-refractivity contribution is 5.41. The zero-order valence-electron chi connectivity index (χ0n) is 12.9. The second-order valence-corrected chi connectivity index (χ2v) is 5.31. The molecule has 112 valence electrons. The van der Waals surface area contributed by atoms with Gasteiger partial charge in [0.25, 0.3) is 0 Å². The van der Waals surface area contributed by atoms with Gasteiger partial charge >= 0.3 is 0 Å². The monoisotopic (exact) mass is 278 g/mol. The Bertz CT molecular complexity index is 402. The van der Waals surface area contributed by atoms with Crippen molar-refractivity contribution in [3.05, 3.63) is 6.20 Å². The number of nitrogens with zero attached hydrogens (tertiary/aromatic N) is 6. The minimum atomic E-state index is 0.730. The molecule has 0 saturated carbocycles. The van der Waals surface area contributed by atoms with E-state index < -0.39 is 0 Å². The Hall–Kier alpha value is -1.43. The maximum absolute atomic E-state index is 4.66. The zero-order valence-corrected chi connectivity index (χ0v) is 12.9. The molecule has 2 heterocycles. The van der Waals surface area contributed by atoms with Crippen molar-refractivity contribution in [2.24, 2.45) is 0 Å². The maximum atomic E-state index is 4.66. The predicted octanol–water partition coefficient (Wildman–Crippen LogP) is 1.25. The number of anilines is 2. The van der Waals surface area contributed by atoms with Crippen molar-refractivity contribution in [2.75, 3.05) is 56.1 Å². The average molecular weight is 278 g/mol. The molecule has 0 amide bonds. The van der Waals surface area contributed by atoms with Gasteiger partial charge in [-0.15, -0.1) is 5.10 Å². The Morgan fingerprint density at radius 2 is 1.95 bits per heavy atom.